The lowest BCUT2D eigenvalue weighted by Gasteiger charge is -2.27. The Kier molecular flexibility index (Phi) is 4.63. The molecule has 1 saturated carbocycles. The minimum Gasteiger partial charge on any atom is -0.350 e. The molecule has 0 saturated heterocycles. The van der Waals surface area contributed by atoms with Crippen LogP contribution < -0.4 is 5.32 Å². The van der Waals surface area contributed by atoms with Gasteiger partial charge in [-0.15, -0.1) is 0 Å². The summed E-state index contributed by atoms with van der Waals surface area (Å²) >= 11 is 5.83. The van der Waals surface area contributed by atoms with E-state index < -0.39 is 0 Å². The van der Waals surface area contributed by atoms with Crippen molar-refractivity contribution in [2.24, 2.45) is 5.92 Å². The maximum Gasteiger partial charge on any atom is 0.272 e. The Balaban J connectivity index is 1.39. The summed E-state index contributed by atoms with van der Waals surface area (Å²) in [5.74, 6) is 0.175. The number of nitrogens with zero attached hydrogens (tertiary/aromatic N) is 4. The predicted molar refractivity (Wildman–Crippen MR) is 95.4 cm³/mol. The highest BCUT2D eigenvalue weighted by atomic mass is 35.5. The van der Waals surface area contributed by atoms with Crippen LogP contribution in [0.25, 0.3) is 0 Å². The highest BCUT2D eigenvalue weighted by Crippen LogP contribution is 2.26. The first-order valence-corrected chi connectivity index (χ1v) is 9.22. The third kappa shape index (κ3) is 3.44. The molecule has 0 aromatic carbocycles. The van der Waals surface area contributed by atoms with Gasteiger partial charge < -0.3 is 10.2 Å². The van der Waals surface area contributed by atoms with Crippen LogP contribution in [-0.4, -0.2) is 38.0 Å². The number of nitrogens with one attached hydrogen (secondary N) is 1. The molecule has 1 aliphatic carbocycles. The Morgan fingerprint density at radius 3 is 2.81 bits per heavy atom. The molecular formula is C18H20ClN5O2. The number of aromatic nitrogens is 3. The van der Waals surface area contributed by atoms with E-state index in [1.54, 1.807) is 17.0 Å². The molecule has 0 atom stereocenters. The Morgan fingerprint density at radius 2 is 2.12 bits per heavy atom. The van der Waals surface area contributed by atoms with Gasteiger partial charge in [0.1, 0.15) is 5.69 Å². The molecule has 7 nitrogen and oxygen atoms in total. The van der Waals surface area contributed by atoms with Crippen molar-refractivity contribution in [2.45, 2.75) is 38.9 Å². The largest absolute Gasteiger partial charge is 0.350 e. The summed E-state index contributed by atoms with van der Waals surface area (Å²) in [7, 11) is 0. The van der Waals surface area contributed by atoms with Gasteiger partial charge in [0.25, 0.3) is 5.91 Å². The van der Waals surface area contributed by atoms with Gasteiger partial charge in [-0.3, -0.25) is 14.3 Å². The Morgan fingerprint density at radius 1 is 1.27 bits per heavy atom. The van der Waals surface area contributed by atoms with E-state index in [0.717, 1.165) is 30.7 Å². The number of amides is 2. The van der Waals surface area contributed by atoms with Crippen LogP contribution in [-0.2, 0) is 24.4 Å². The first-order valence-electron chi connectivity index (χ1n) is 8.84. The van der Waals surface area contributed by atoms with Crippen LogP contribution in [0.3, 0.4) is 0 Å². The molecule has 4 rings (SSSR count). The average molecular weight is 374 g/mol. The fourth-order valence-corrected chi connectivity index (χ4v) is 3.35. The number of carbonyl (C=O) groups is 2. The van der Waals surface area contributed by atoms with Gasteiger partial charge in [0.15, 0.2) is 0 Å². The van der Waals surface area contributed by atoms with Crippen molar-refractivity contribution in [1.29, 1.82) is 0 Å². The molecule has 3 heterocycles. The highest BCUT2D eigenvalue weighted by Gasteiger charge is 2.26. The second kappa shape index (κ2) is 7.07. The van der Waals surface area contributed by atoms with E-state index in [-0.39, 0.29) is 17.7 Å². The van der Waals surface area contributed by atoms with E-state index in [0.29, 0.717) is 36.9 Å². The second-order valence-electron chi connectivity index (χ2n) is 6.78. The summed E-state index contributed by atoms with van der Waals surface area (Å²) < 4.78 is 1.91. The topological polar surface area (TPSA) is 80.1 Å². The molecule has 2 amide bonds. The molecule has 0 unspecified atom stereocenters. The molecule has 2 aromatic rings. The number of carbonyl (C=O) groups excluding carboxylic acids is 2. The maximum atomic E-state index is 12.6. The fraction of sp³-hybridized carbons (Fsp3) is 0.444. The molecule has 1 N–H and O–H groups in total. The average Bonchev–Trinajstić information content (AvgIpc) is 3.00. The van der Waals surface area contributed by atoms with Gasteiger partial charge in [-0.05, 0) is 31.0 Å². The Bertz CT molecular complexity index is 829. The van der Waals surface area contributed by atoms with E-state index in [1.807, 2.05) is 10.7 Å². The van der Waals surface area contributed by atoms with Crippen LogP contribution in [0.2, 0.25) is 5.02 Å². The van der Waals surface area contributed by atoms with Crippen molar-refractivity contribution in [3.63, 3.8) is 0 Å². The van der Waals surface area contributed by atoms with E-state index in [1.165, 1.54) is 6.20 Å². The molecule has 8 heteroatoms. The lowest BCUT2D eigenvalue weighted by atomic mass is 9.85. The summed E-state index contributed by atoms with van der Waals surface area (Å²) in [4.78, 5) is 30.4. The van der Waals surface area contributed by atoms with Crippen LogP contribution >= 0.6 is 11.6 Å². The van der Waals surface area contributed by atoms with Crippen molar-refractivity contribution in [1.82, 2.24) is 25.0 Å². The molecule has 1 aliphatic heterocycles. The predicted octanol–water partition coefficient (Wildman–Crippen LogP) is 2.00. The van der Waals surface area contributed by atoms with E-state index in [4.69, 9.17) is 11.6 Å². The maximum absolute atomic E-state index is 12.6. The zero-order valence-corrected chi connectivity index (χ0v) is 15.1. The Labute approximate surface area is 156 Å². The molecule has 1 fully saturated rings. The van der Waals surface area contributed by atoms with Crippen molar-refractivity contribution in [2.75, 3.05) is 6.54 Å². The number of pyridine rings is 1. The number of hydrogen-bond acceptors (Lipinski definition) is 4. The van der Waals surface area contributed by atoms with Gasteiger partial charge in [0.05, 0.1) is 36.0 Å². The first kappa shape index (κ1) is 17.0. The molecule has 0 radical (unpaired) electrons. The highest BCUT2D eigenvalue weighted by molar-refractivity contribution is 6.30. The molecular weight excluding hydrogens is 354 g/mol. The number of halogens is 1. The van der Waals surface area contributed by atoms with E-state index in [2.05, 4.69) is 15.4 Å². The minimum absolute atomic E-state index is 0.117. The number of hydrogen-bond donors (Lipinski definition) is 1. The summed E-state index contributed by atoms with van der Waals surface area (Å²) in [5, 5.41) is 8.00. The third-order valence-corrected chi connectivity index (χ3v) is 5.23. The minimum atomic E-state index is -0.117. The van der Waals surface area contributed by atoms with Gasteiger partial charge >= 0.3 is 0 Å². The first-order chi connectivity index (χ1) is 12.6. The molecule has 26 heavy (non-hydrogen) atoms. The second-order valence-corrected chi connectivity index (χ2v) is 7.22. The molecule has 0 bridgehead atoms. The smallest absolute Gasteiger partial charge is 0.272 e. The van der Waals surface area contributed by atoms with Gasteiger partial charge in [-0.2, -0.15) is 5.10 Å². The lowest BCUT2D eigenvalue weighted by Crippen LogP contribution is -2.38. The summed E-state index contributed by atoms with van der Waals surface area (Å²) in [6.07, 6.45) is 4.59. The fourth-order valence-electron chi connectivity index (χ4n) is 3.24. The summed E-state index contributed by atoms with van der Waals surface area (Å²) in [5.41, 5.74) is 2.17. The van der Waals surface area contributed by atoms with Crippen molar-refractivity contribution in [3.8, 4) is 0 Å². The molecule has 136 valence electrons. The van der Waals surface area contributed by atoms with Crippen LogP contribution in [0.4, 0.5) is 0 Å². The molecule has 2 aliphatic rings. The number of rotatable bonds is 4. The summed E-state index contributed by atoms with van der Waals surface area (Å²) in [6.45, 7) is 2.12. The third-order valence-electron chi connectivity index (χ3n) is 5.00. The van der Waals surface area contributed by atoms with Crippen LogP contribution in [0.5, 0.6) is 0 Å². The molecule has 2 aromatic heterocycles. The van der Waals surface area contributed by atoms with Gasteiger partial charge in [-0.1, -0.05) is 18.0 Å². The Hall–Kier alpha value is -2.41. The molecule has 0 spiro atoms. The van der Waals surface area contributed by atoms with Gasteiger partial charge in [0.2, 0.25) is 5.91 Å². The lowest BCUT2D eigenvalue weighted by molar-refractivity contribution is -0.127. The SMILES string of the molecule is O=C(NCc1cc2n(n1)CCN(C(=O)c1ccc(Cl)cn1)C2)C1CCC1. The van der Waals surface area contributed by atoms with Crippen molar-refractivity contribution >= 4 is 23.4 Å². The summed E-state index contributed by atoms with van der Waals surface area (Å²) in [6, 6.07) is 5.26. The zero-order chi connectivity index (χ0) is 18.1. The quantitative estimate of drug-likeness (QED) is 0.888. The normalized spacial score (nSPS) is 16.7. The van der Waals surface area contributed by atoms with Crippen LogP contribution in [0.15, 0.2) is 24.4 Å². The van der Waals surface area contributed by atoms with Gasteiger partial charge in [0, 0.05) is 18.7 Å². The standard InChI is InChI=1S/C18H20ClN5O2/c19-13-4-5-16(20-9-13)18(26)23-6-7-24-15(11-23)8-14(22-24)10-21-17(25)12-2-1-3-12/h4-5,8-9,12H,1-3,6-7,10-11H2,(H,21,25). The van der Waals surface area contributed by atoms with E-state index in [9.17, 15) is 9.59 Å². The monoisotopic (exact) mass is 373 g/mol. The van der Waals surface area contributed by atoms with Crippen LogP contribution in [0, 0.1) is 5.92 Å². The zero-order valence-electron chi connectivity index (χ0n) is 14.3. The van der Waals surface area contributed by atoms with Crippen LogP contribution in [0.1, 0.15) is 41.1 Å². The van der Waals surface area contributed by atoms with Gasteiger partial charge in [-0.25, -0.2) is 4.98 Å². The van der Waals surface area contributed by atoms with E-state index >= 15 is 0 Å². The van der Waals surface area contributed by atoms with Crippen molar-refractivity contribution in [3.05, 3.63) is 46.5 Å². The van der Waals surface area contributed by atoms with Crippen molar-refractivity contribution < 1.29 is 9.59 Å². The number of fused-ring (bicyclic) bond motifs is 1.